The number of aliphatic carboxylic acids is 1. The zero-order chi connectivity index (χ0) is 24.7. The molecule has 2 N–H and O–H groups in total. The van der Waals surface area contributed by atoms with Gasteiger partial charge < -0.3 is 18.7 Å². The molecule has 3 aromatic heterocycles. The number of oxazole rings is 2. The van der Waals surface area contributed by atoms with E-state index in [-0.39, 0.29) is 34.0 Å². The minimum atomic E-state index is -1.10. The maximum Gasteiger partial charge on any atom is 0.412 e. The molecular weight excluding hydrogens is 496 g/mol. The molecular formula is C23H17ClN4O6S. The number of carboxylic acids is 1. The maximum absolute atomic E-state index is 12.5. The van der Waals surface area contributed by atoms with E-state index in [1.165, 1.54) is 0 Å². The van der Waals surface area contributed by atoms with E-state index in [0.29, 0.717) is 17.7 Å². The van der Waals surface area contributed by atoms with Gasteiger partial charge in [-0.3, -0.25) is 10.1 Å². The fourth-order valence-electron chi connectivity index (χ4n) is 3.52. The van der Waals surface area contributed by atoms with Crippen LogP contribution >= 0.6 is 23.1 Å². The highest BCUT2D eigenvalue weighted by Gasteiger charge is 2.56. The minimum Gasteiger partial charge on any atom is -0.480 e. The summed E-state index contributed by atoms with van der Waals surface area (Å²) < 4.78 is 20.4. The lowest BCUT2D eigenvalue weighted by Crippen LogP contribution is -2.19. The average molecular weight is 513 g/mol. The van der Waals surface area contributed by atoms with E-state index < -0.39 is 23.6 Å². The second kappa shape index (κ2) is 8.72. The largest absolute Gasteiger partial charge is 0.480 e. The Hall–Kier alpha value is -3.88. The van der Waals surface area contributed by atoms with Crippen LogP contribution in [0.1, 0.15) is 53.7 Å². The molecule has 1 atom stereocenters. The van der Waals surface area contributed by atoms with Gasteiger partial charge in [0.1, 0.15) is 22.1 Å². The Morgan fingerprint density at radius 3 is 2.71 bits per heavy atom. The van der Waals surface area contributed by atoms with Gasteiger partial charge >= 0.3 is 17.8 Å². The van der Waals surface area contributed by atoms with Crippen molar-refractivity contribution in [2.24, 2.45) is 0 Å². The van der Waals surface area contributed by atoms with Gasteiger partial charge in [0.25, 0.3) is 5.89 Å². The Morgan fingerprint density at radius 2 is 2.03 bits per heavy atom. The highest BCUT2D eigenvalue weighted by Crippen LogP contribution is 2.48. The van der Waals surface area contributed by atoms with Crippen LogP contribution in [0.5, 0.6) is 0 Å². The summed E-state index contributed by atoms with van der Waals surface area (Å²) >= 11 is 7.12. The summed E-state index contributed by atoms with van der Waals surface area (Å²) in [5, 5.41) is 12.0. The Bertz CT molecular complexity index is 1490. The first-order valence-electron chi connectivity index (χ1n) is 10.5. The van der Waals surface area contributed by atoms with Crippen LogP contribution in [-0.4, -0.2) is 31.5 Å². The molecule has 1 unspecified atom stereocenters. The molecule has 1 aliphatic rings. The van der Waals surface area contributed by atoms with Gasteiger partial charge in [-0.25, -0.2) is 4.79 Å². The molecule has 1 saturated carbocycles. The number of ether oxygens (including phenoxy) is 1. The van der Waals surface area contributed by atoms with Crippen molar-refractivity contribution in [3.63, 3.8) is 0 Å². The van der Waals surface area contributed by atoms with Crippen molar-refractivity contribution in [1.29, 1.82) is 0 Å². The van der Waals surface area contributed by atoms with Crippen molar-refractivity contribution < 1.29 is 28.3 Å². The summed E-state index contributed by atoms with van der Waals surface area (Å²) in [4.78, 5) is 32.5. The van der Waals surface area contributed by atoms with E-state index in [1.807, 2.05) is 31.2 Å². The predicted molar refractivity (Wildman–Crippen MR) is 125 cm³/mol. The smallest absolute Gasteiger partial charge is 0.412 e. The van der Waals surface area contributed by atoms with E-state index in [1.54, 1.807) is 6.92 Å². The van der Waals surface area contributed by atoms with Crippen LogP contribution in [0.25, 0.3) is 11.4 Å². The highest BCUT2D eigenvalue weighted by molar-refractivity contribution is 7.07. The number of carboxylic acid groups (broad SMARTS) is 1. The molecule has 178 valence electrons. The van der Waals surface area contributed by atoms with Crippen LogP contribution in [0, 0.1) is 18.8 Å². The molecule has 1 aromatic carbocycles. The summed E-state index contributed by atoms with van der Waals surface area (Å²) in [6, 6.07) is 7.61. The van der Waals surface area contributed by atoms with Crippen molar-refractivity contribution in [2.45, 2.75) is 38.2 Å². The number of carbonyl (C=O) groups is 2. The number of nitrogens with one attached hydrogen (secondary N) is 1. The first-order valence-corrected chi connectivity index (χ1v) is 11.6. The standard InChI is InChI=1S/C23H17ClN4O6S/c1-11-5-3-4-6-13(11)12(2)32-22(31)26-16-14(35-28-17(16)24)7-8-15-25-18-19(33-15)34-20(27-18)23(9-10-23)21(29)30/h3-6,12H,9-10H2,1-2H3,(H,26,31)(H,29,30). The molecule has 10 nitrogen and oxygen atoms in total. The molecule has 0 aliphatic heterocycles. The van der Waals surface area contributed by atoms with E-state index in [9.17, 15) is 14.7 Å². The maximum atomic E-state index is 12.5. The Morgan fingerprint density at radius 1 is 1.26 bits per heavy atom. The molecule has 35 heavy (non-hydrogen) atoms. The molecule has 0 saturated heterocycles. The minimum absolute atomic E-state index is 0.00389. The fraction of sp³-hybridized carbons (Fsp3) is 0.261. The van der Waals surface area contributed by atoms with Crippen molar-refractivity contribution in [3.8, 4) is 11.8 Å². The van der Waals surface area contributed by atoms with Crippen LogP contribution < -0.4 is 5.32 Å². The third-order valence-corrected chi connectivity index (χ3v) is 6.75. The number of anilines is 1. The highest BCUT2D eigenvalue weighted by atomic mass is 35.5. The number of aromatic nitrogens is 3. The molecule has 5 rings (SSSR count). The summed E-state index contributed by atoms with van der Waals surface area (Å²) in [7, 11) is 0. The Balaban J connectivity index is 1.30. The number of hydrogen-bond acceptors (Lipinski definition) is 9. The monoisotopic (exact) mass is 512 g/mol. The average Bonchev–Trinajstić information content (AvgIpc) is 3.25. The number of rotatable bonds is 5. The topological polar surface area (TPSA) is 141 Å². The zero-order valence-electron chi connectivity index (χ0n) is 18.4. The van der Waals surface area contributed by atoms with Gasteiger partial charge in [0.2, 0.25) is 11.5 Å². The van der Waals surface area contributed by atoms with Gasteiger partial charge in [0, 0.05) is 0 Å². The van der Waals surface area contributed by atoms with Crippen molar-refractivity contribution in [2.75, 3.05) is 5.32 Å². The van der Waals surface area contributed by atoms with Gasteiger partial charge in [-0.15, -0.1) is 0 Å². The third-order valence-electron chi connectivity index (χ3n) is 5.62. The molecule has 0 bridgehead atoms. The molecule has 12 heteroatoms. The van der Waals surface area contributed by atoms with Crippen LogP contribution in [0.3, 0.4) is 0 Å². The number of benzene rings is 1. The van der Waals surface area contributed by atoms with E-state index in [0.717, 1.165) is 22.7 Å². The van der Waals surface area contributed by atoms with Gasteiger partial charge in [0.05, 0.1) is 0 Å². The van der Waals surface area contributed by atoms with Crippen LogP contribution in [0.4, 0.5) is 10.5 Å². The predicted octanol–water partition coefficient (Wildman–Crippen LogP) is 5.06. The van der Waals surface area contributed by atoms with Gasteiger partial charge in [0.15, 0.2) is 5.15 Å². The number of amides is 1. The van der Waals surface area contributed by atoms with Crippen LogP contribution in [0.2, 0.25) is 5.15 Å². The summed E-state index contributed by atoms with van der Waals surface area (Å²) in [6.07, 6.45) is -0.283. The number of hydrogen-bond donors (Lipinski definition) is 2. The van der Waals surface area contributed by atoms with Gasteiger partial charge in [-0.05, 0) is 61.2 Å². The SMILES string of the molecule is Cc1ccccc1C(C)OC(=O)Nc1c(Cl)nsc1C#Cc1nc2nc(C3(C(=O)O)CC3)oc2o1. The summed E-state index contributed by atoms with van der Waals surface area (Å²) in [6.45, 7) is 3.71. The number of carbonyl (C=O) groups excluding carboxylic acids is 1. The lowest BCUT2D eigenvalue weighted by atomic mass is 10.1. The normalized spacial score (nSPS) is 14.7. The molecule has 0 radical (unpaired) electrons. The summed E-state index contributed by atoms with van der Waals surface area (Å²) in [5.41, 5.74) is 1.13. The van der Waals surface area contributed by atoms with Crippen LogP contribution in [0.15, 0.2) is 33.1 Å². The second-order valence-electron chi connectivity index (χ2n) is 7.99. The molecule has 1 amide bonds. The third kappa shape index (κ3) is 4.34. The van der Waals surface area contributed by atoms with E-state index in [4.69, 9.17) is 25.2 Å². The Kier molecular flexibility index (Phi) is 5.70. The lowest BCUT2D eigenvalue weighted by Gasteiger charge is -2.16. The number of nitrogens with zero attached hydrogens (tertiary/aromatic N) is 3. The zero-order valence-corrected chi connectivity index (χ0v) is 20.0. The molecule has 0 spiro atoms. The van der Waals surface area contributed by atoms with E-state index >= 15 is 0 Å². The molecule has 1 fully saturated rings. The number of halogens is 1. The second-order valence-corrected chi connectivity index (χ2v) is 9.12. The Labute approximate surface area is 207 Å². The van der Waals surface area contributed by atoms with Crippen molar-refractivity contribution >= 4 is 52.3 Å². The number of fused-ring (bicyclic) bond motifs is 1. The lowest BCUT2D eigenvalue weighted by molar-refractivity contribution is -0.140. The molecule has 1 aliphatic carbocycles. The van der Waals surface area contributed by atoms with Gasteiger partial charge in [-0.2, -0.15) is 14.3 Å². The first kappa shape index (κ1) is 22.9. The molecule has 3 heterocycles. The van der Waals surface area contributed by atoms with Gasteiger partial charge in [-0.1, -0.05) is 35.9 Å². The fourth-order valence-corrected chi connectivity index (χ4v) is 4.42. The quantitative estimate of drug-likeness (QED) is 0.351. The summed E-state index contributed by atoms with van der Waals surface area (Å²) in [5.74, 6) is 4.60. The number of aryl methyl sites for hydroxylation is 1. The van der Waals surface area contributed by atoms with E-state index in [2.05, 4.69) is 31.5 Å². The van der Waals surface area contributed by atoms with Crippen molar-refractivity contribution in [3.05, 3.63) is 57.2 Å². The first-order chi connectivity index (χ1) is 16.8. The van der Waals surface area contributed by atoms with Crippen LogP contribution in [-0.2, 0) is 14.9 Å². The van der Waals surface area contributed by atoms with Crippen molar-refractivity contribution in [1.82, 2.24) is 14.3 Å². The molecule has 4 aromatic rings.